The van der Waals surface area contributed by atoms with Crippen molar-refractivity contribution >= 4 is 5.91 Å². The van der Waals surface area contributed by atoms with Gasteiger partial charge in [-0.1, -0.05) is 20.8 Å². The Bertz CT molecular complexity index is 705. The molecule has 2 aromatic heterocycles. The van der Waals surface area contributed by atoms with Crippen LogP contribution in [0.5, 0.6) is 0 Å². The number of carbonyl (C=O) groups is 1. The van der Waals surface area contributed by atoms with E-state index in [1.807, 2.05) is 42.6 Å². The summed E-state index contributed by atoms with van der Waals surface area (Å²) in [5.41, 5.74) is -0.312. The maximum atomic E-state index is 12.5. The highest BCUT2D eigenvalue weighted by Gasteiger charge is 2.32. The first-order chi connectivity index (χ1) is 11.9. The second-order valence-electron chi connectivity index (χ2n) is 7.74. The Labute approximate surface area is 149 Å². The Morgan fingerprint density at radius 2 is 1.96 bits per heavy atom. The molecule has 1 fully saturated rings. The van der Waals surface area contributed by atoms with E-state index in [0.717, 1.165) is 44.1 Å². The average molecular weight is 344 g/mol. The summed E-state index contributed by atoms with van der Waals surface area (Å²) in [6.07, 6.45) is 5.60. The van der Waals surface area contributed by atoms with Gasteiger partial charge in [0, 0.05) is 43.4 Å². The van der Waals surface area contributed by atoms with Crippen LogP contribution in [0.3, 0.4) is 0 Å². The van der Waals surface area contributed by atoms with Gasteiger partial charge in [0.2, 0.25) is 5.91 Å². The topological polar surface area (TPSA) is 68.8 Å². The number of hydrogen-bond acceptors (Lipinski definition) is 4. The third kappa shape index (κ3) is 3.75. The van der Waals surface area contributed by atoms with Crippen LogP contribution in [0.2, 0.25) is 0 Å². The molecule has 3 heterocycles. The summed E-state index contributed by atoms with van der Waals surface area (Å²) in [6.45, 7) is 11.1. The lowest BCUT2D eigenvalue weighted by Crippen LogP contribution is -2.44. The molecule has 0 aromatic carbocycles. The lowest BCUT2D eigenvalue weighted by Gasteiger charge is -2.35. The van der Waals surface area contributed by atoms with E-state index in [9.17, 15) is 4.79 Å². The number of carbonyl (C=O) groups excluding carboxylic acids is 1. The standard InChI is InChI=1S/C18H28N6O/c1-5-24-15(13-23-10-6-9-19-23)20-21-16(24)14-7-11-22(12-8-14)17(25)18(2,3)4/h6,9-10,14H,5,7-8,11-13H2,1-4H3. The first-order valence-electron chi connectivity index (χ1n) is 9.09. The molecule has 0 unspecified atom stereocenters. The van der Waals surface area contributed by atoms with E-state index in [0.29, 0.717) is 12.5 Å². The second kappa shape index (κ2) is 6.98. The summed E-state index contributed by atoms with van der Waals surface area (Å²) in [6, 6.07) is 1.91. The minimum absolute atomic E-state index is 0.238. The van der Waals surface area contributed by atoms with Gasteiger partial charge in [-0.2, -0.15) is 5.10 Å². The molecule has 0 saturated carbocycles. The molecule has 0 atom stereocenters. The van der Waals surface area contributed by atoms with E-state index in [4.69, 9.17) is 0 Å². The molecule has 0 aliphatic carbocycles. The third-order valence-corrected chi connectivity index (χ3v) is 4.82. The van der Waals surface area contributed by atoms with Gasteiger partial charge in [-0.25, -0.2) is 0 Å². The van der Waals surface area contributed by atoms with Gasteiger partial charge in [-0.3, -0.25) is 9.48 Å². The van der Waals surface area contributed by atoms with Crippen LogP contribution in [-0.2, 0) is 17.9 Å². The zero-order valence-electron chi connectivity index (χ0n) is 15.6. The van der Waals surface area contributed by atoms with Crippen molar-refractivity contribution in [3.63, 3.8) is 0 Å². The van der Waals surface area contributed by atoms with Gasteiger partial charge in [0.1, 0.15) is 12.4 Å². The van der Waals surface area contributed by atoms with Crippen LogP contribution in [0, 0.1) is 5.41 Å². The normalized spacial score (nSPS) is 16.4. The first kappa shape index (κ1) is 17.6. The second-order valence-corrected chi connectivity index (χ2v) is 7.74. The number of nitrogens with zero attached hydrogens (tertiary/aromatic N) is 6. The van der Waals surface area contributed by atoms with E-state index >= 15 is 0 Å². The Kier molecular flexibility index (Phi) is 4.92. The summed E-state index contributed by atoms with van der Waals surface area (Å²) in [5, 5.41) is 13.1. The van der Waals surface area contributed by atoms with Crippen molar-refractivity contribution in [1.29, 1.82) is 0 Å². The van der Waals surface area contributed by atoms with E-state index in [1.165, 1.54) is 0 Å². The molecule has 1 amide bonds. The molecule has 0 spiro atoms. The molecule has 7 heteroatoms. The largest absolute Gasteiger partial charge is 0.342 e. The van der Waals surface area contributed by atoms with Crippen LogP contribution in [-0.4, -0.2) is 48.4 Å². The summed E-state index contributed by atoms with van der Waals surface area (Å²) in [5.74, 6) is 2.59. The van der Waals surface area contributed by atoms with Crippen LogP contribution >= 0.6 is 0 Å². The maximum absolute atomic E-state index is 12.5. The highest BCUT2D eigenvalue weighted by atomic mass is 16.2. The quantitative estimate of drug-likeness (QED) is 0.853. The number of amides is 1. The minimum Gasteiger partial charge on any atom is -0.342 e. The molecular weight excluding hydrogens is 316 g/mol. The molecular formula is C18H28N6O. The molecule has 0 N–H and O–H groups in total. The molecule has 7 nitrogen and oxygen atoms in total. The van der Waals surface area contributed by atoms with Crippen molar-refractivity contribution in [2.75, 3.05) is 13.1 Å². The Balaban J connectivity index is 1.69. The maximum Gasteiger partial charge on any atom is 0.227 e. The molecule has 1 aliphatic heterocycles. The van der Waals surface area contributed by atoms with E-state index in [-0.39, 0.29) is 11.3 Å². The van der Waals surface area contributed by atoms with Crippen LogP contribution in [0.4, 0.5) is 0 Å². The van der Waals surface area contributed by atoms with Gasteiger partial charge in [0.25, 0.3) is 0 Å². The van der Waals surface area contributed by atoms with Crippen molar-refractivity contribution in [3.8, 4) is 0 Å². The Morgan fingerprint density at radius 3 is 2.52 bits per heavy atom. The van der Waals surface area contributed by atoms with Gasteiger partial charge in [-0.05, 0) is 25.8 Å². The average Bonchev–Trinajstić information content (AvgIpc) is 3.23. The lowest BCUT2D eigenvalue weighted by atomic mass is 9.90. The van der Waals surface area contributed by atoms with E-state index in [2.05, 4.69) is 26.8 Å². The summed E-state index contributed by atoms with van der Waals surface area (Å²) >= 11 is 0. The SMILES string of the molecule is CCn1c(Cn2cccn2)nnc1C1CCN(C(=O)C(C)(C)C)CC1. The van der Waals surface area contributed by atoms with Gasteiger partial charge in [0.15, 0.2) is 5.82 Å². The highest BCUT2D eigenvalue weighted by molar-refractivity contribution is 5.81. The van der Waals surface area contributed by atoms with E-state index in [1.54, 1.807) is 6.20 Å². The van der Waals surface area contributed by atoms with E-state index < -0.39 is 0 Å². The number of likely N-dealkylation sites (tertiary alicyclic amines) is 1. The molecule has 25 heavy (non-hydrogen) atoms. The Hall–Kier alpha value is -2.18. The molecule has 1 aliphatic rings. The van der Waals surface area contributed by atoms with Gasteiger partial charge >= 0.3 is 0 Å². The molecule has 1 saturated heterocycles. The lowest BCUT2D eigenvalue weighted by molar-refractivity contribution is -0.140. The zero-order valence-corrected chi connectivity index (χ0v) is 15.6. The van der Waals surface area contributed by atoms with Crippen molar-refractivity contribution in [2.45, 2.75) is 59.5 Å². The van der Waals surface area contributed by atoms with Crippen LogP contribution in [0.15, 0.2) is 18.5 Å². The van der Waals surface area contributed by atoms with Crippen LogP contribution in [0.1, 0.15) is 58.1 Å². The summed E-state index contributed by atoms with van der Waals surface area (Å²) in [7, 11) is 0. The number of hydrogen-bond donors (Lipinski definition) is 0. The zero-order chi connectivity index (χ0) is 18.0. The van der Waals surface area contributed by atoms with Crippen molar-refractivity contribution in [2.24, 2.45) is 5.41 Å². The molecule has 3 rings (SSSR count). The molecule has 136 valence electrons. The summed E-state index contributed by atoms with van der Waals surface area (Å²) in [4.78, 5) is 14.4. The molecule has 0 bridgehead atoms. The summed E-state index contributed by atoms with van der Waals surface area (Å²) < 4.78 is 4.07. The fraction of sp³-hybridized carbons (Fsp3) is 0.667. The fourth-order valence-corrected chi connectivity index (χ4v) is 3.47. The fourth-order valence-electron chi connectivity index (χ4n) is 3.47. The van der Waals surface area contributed by atoms with Gasteiger partial charge in [0.05, 0.1) is 0 Å². The van der Waals surface area contributed by atoms with Crippen molar-refractivity contribution in [3.05, 3.63) is 30.1 Å². The van der Waals surface area contributed by atoms with Crippen LogP contribution in [0.25, 0.3) is 0 Å². The van der Waals surface area contributed by atoms with Gasteiger partial charge < -0.3 is 9.47 Å². The number of aromatic nitrogens is 5. The number of piperidine rings is 1. The Morgan fingerprint density at radius 1 is 1.24 bits per heavy atom. The predicted octanol–water partition coefficient (Wildman–Crippen LogP) is 2.29. The predicted molar refractivity (Wildman–Crippen MR) is 95.0 cm³/mol. The third-order valence-electron chi connectivity index (χ3n) is 4.82. The molecule has 2 aromatic rings. The van der Waals surface area contributed by atoms with Gasteiger partial charge in [-0.15, -0.1) is 10.2 Å². The highest BCUT2D eigenvalue weighted by Crippen LogP contribution is 2.29. The minimum atomic E-state index is -0.312. The molecule has 0 radical (unpaired) electrons. The van der Waals surface area contributed by atoms with Crippen LogP contribution < -0.4 is 0 Å². The first-order valence-corrected chi connectivity index (χ1v) is 9.09. The van der Waals surface area contributed by atoms with Crippen molar-refractivity contribution in [1.82, 2.24) is 29.4 Å². The number of rotatable bonds is 4. The smallest absolute Gasteiger partial charge is 0.227 e. The van der Waals surface area contributed by atoms with Crippen molar-refractivity contribution < 1.29 is 4.79 Å². The monoisotopic (exact) mass is 344 g/mol.